The highest BCUT2D eigenvalue weighted by Gasteiger charge is 2.42. The lowest BCUT2D eigenvalue weighted by Gasteiger charge is -2.16. The first-order valence-electron chi connectivity index (χ1n) is 6.32. The van der Waals surface area contributed by atoms with Gasteiger partial charge in [0.15, 0.2) is 0 Å². The number of hydrogen-bond acceptors (Lipinski definition) is 5. The number of nitrogens with two attached hydrogens (primary N) is 1. The summed E-state index contributed by atoms with van der Waals surface area (Å²) in [6.07, 6.45) is 4.10. The van der Waals surface area contributed by atoms with Crippen LogP contribution < -0.4 is 15.2 Å². The van der Waals surface area contributed by atoms with Crippen molar-refractivity contribution in [2.45, 2.75) is 29.4 Å². The molecule has 0 saturated heterocycles. The molecule has 1 aliphatic carbocycles. The predicted octanol–water partition coefficient (Wildman–Crippen LogP) is 1.76. The minimum atomic E-state index is -3.61. The fourth-order valence-electron chi connectivity index (χ4n) is 1.94. The summed E-state index contributed by atoms with van der Waals surface area (Å²) >= 11 is 1.71. The Bertz CT molecular complexity index is 610. The van der Waals surface area contributed by atoms with E-state index in [2.05, 4.69) is 4.72 Å². The van der Waals surface area contributed by atoms with Gasteiger partial charge < -0.3 is 10.5 Å². The highest BCUT2D eigenvalue weighted by molar-refractivity contribution is 8.00. The van der Waals surface area contributed by atoms with Gasteiger partial charge >= 0.3 is 0 Å². The van der Waals surface area contributed by atoms with Crippen LogP contribution in [0.1, 0.15) is 18.4 Å². The third-order valence-electron chi connectivity index (χ3n) is 3.67. The molecule has 1 fully saturated rings. The molecule has 0 spiro atoms. The van der Waals surface area contributed by atoms with Crippen molar-refractivity contribution < 1.29 is 13.2 Å². The Kier molecular flexibility index (Phi) is 4.22. The average molecular weight is 316 g/mol. The van der Waals surface area contributed by atoms with Crippen LogP contribution >= 0.6 is 11.8 Å². The van der Waals surface area contributed by atoms with E-state index in [1.807, 2.05) is 13.2 Å². The maximum Gasteiger partial charge on any atom is 0.244 e. The van der Waals surface area contributed by atoms with Crippen LogP contribution in [-0.2, 0) is 10.0 Å². The minimum absolute atomic E-state index is 0.0660. The van der Waals surface area contributed by atoms with E-state index in [9.17, 15) is 8.42 Å². The van der Waals surface area contributed by atoms with E-state index in [1.165, 1.54) is 13.2 Å². The molecule has 0 aromatic heterocycles. The van der Waals surface area contributed by atoms with E-state index in [1.54, 1.807) is 17.8 Å². The molecular formula is C13H20N2O3S2. The number of anilines is 1. The molecule has 7 heteroatoms. The lowest BCUT2D eigenvalue weighted by Crippen LogP contribution is -2.32. The van der Waals surface area contributed by atoms with Crippen LogP contribution in [0.4, 0.5) is 5.69 Å². The van der Waals surface area contributed by atoms with Crippen molar-refractivity contribution in [1.29, 1.82) is 0 Å². The number of hydrogen-bond donors (Lipinski definition) is 2. The van der Waals surface area contributed by atoms with Crippen molar-refractivity contribution in [3.63, 3.8) is 0 Å². The average Bonchev–Trinajstić information content (AvgIpc) is 3.20. The van der Waals surface area contributed by atoms with Crippen molar-refractivity contribution >= 4 is 27.5 Å². The zero-order valence-electron chi connectivity index (χ0n) is 11.9. The third-order valence-corrected chi connectivity index (χ3v) is 6.51. The summed E-state index contributed by atoms with van der Waals surface area (Å²) in [6.45, 7) is 2.25. The van der Waals surface area contributed by atoms with Gasteiger partial charge in [-0.1, -0.05) is 0 Å². The van der Waals surface area contributed by atoms with Crippen LogP contribution in [0.15, 0.2) is 17.0 Å². The number of thioether (sulfide) groups is 1. The van der Waals surface area contributed by atoms with E-state index >= 15 is 0 Å². The van der Waals surface area contributed by atoms with Crippen LogP contribution in [0, 0.1) is 6.92 Å². The molecule has 1 aromatic rings. The summed E-state index contributed by atoms with van der Waals surface area (Å²) in [6, 6.07) is 3.10. The molecule has 1 aliphatic rings. The van der Waals surface area contributed by atoms with Gasteiger partial charge in [-0.05, 0) is 43.7 Å². The van der Waals surface area contributed by atoms with Crippen LogP contribution in [0.2, 0.25) is 0 Å². The number of ether oxygens (including phenoxy) is 1. The van der Waals surface area contributed by atoms with Crippen molar-refractivity contribution in [3.05, 3.63) is 17.7 Å². The zero-order valence-corrected chi connectivity index (χ0v) is 13.5. The van der Waals surface area contributed by atoms with Gasteiger partial charge in [0.25, 0.3) is 0 Å². The number of benzene rings is 1. The second kappa shape index (κ2) is 5.46. The number of methoxy groups -OCH3 is 1. The molecule has 0 amide bonds. The van der Waals surface area contributed by atoms with Crippen molar-refractivity contribution in [3.8, 4) is 5.75 Å². The summed E-state index contributed by atoms with van der Waals surface area (Å²) in [4.78, 5) is 0.0972. The monoisotopic (exact) mass is 316 g/mol. The first kappa shape index (κ1) is 15.5. The quantitative estimate of drug-likeness (QED) is 0.782. The number of rotatable bonds is 6. The Morgan fingerprint density at radius 1 is 1.45 bits per heavy atom. The molecule has 1 aromatic carbocycles. The molecule has 5 nitrogen and oxygen atoms in total. The van der Waals surface area contributed by atoms with Crippen molar-refractivity contribution in [2.75, 3.05) is 25.6 Å². The summed E-state index contributed by atoms with van der Waals surface area (Å²) in [5.41, 5.74) is 7.05. The first-order valence-corrected chi connectivity index (χ1v) is 9.03. The van der Waals surface area contributed by atoms with E-state index in [0.29, 0.717) is 18.0 Å². The summed E-state index contributed by atoms with van der Waals surface area (Å²) in [5, 5.41) is 0. The van der Waals surface area contributed by atoms with E-state index in [4.69, 9.17) is 10.5 Å². The fourth-order valence-corrected chi connectivity index (χ4v) is 4.07. The molecule has 1 saturated carbocycles. The van der Waals surface area contributed by atoms with Gasteiger partial charge in [0.2, 0.25) is 10.0 Å². The smallest absolute Gasteiger partial charge is 0.244 e. The van der Waals surface area contributed by atoms with Crippen molar-refractivity contribution in [1.82, 2.24) is 4.72 Å². The fraction of sp³-hybridized carbons (Fsp3) is 0.538. The molecule has 20 heavy (non-hydrogen) atoms. The molecule has 112 valence electrons. The molecular weight excluding hydrogens is 296 g/mol. The van der Waals surface area contributed by atoms with Gasteiger partial charge in [-0.25, -0.2) is 13.1 Å². The Hall–Kier alpha value is -0.920. The van der Waals surface area contributed by atoms with Gasteiger partial charge in [-0.3, -0.25) is 0 Å². The van der Waals surface area contributed by atoms with Gasteiger partial charge in [-0.2, -0.15) is 11.8 Å². The molecule has 0 atom stereocenters. The van der Waals surface area contributed by atoms with Crippen LogP contribution in [-0.4, -0.2) is 33.1 Å². The van der Waals surface area contributed by atoms with Gasteiger partial charge in [0.1, 0.15) is 10.6 Å². The van der Waals surface area contributed by atoms with Gasteiger partial charge in [-0.15, -0.1) is 0 Å². The summed E-state index contributed by atoms with van der Waals surface area (Å²) < 4.78 is 32.7. The SMILES string of the molecule is COc1cc(C)c(N)cc1S(=O)(=O)NCC1(SC)CC1. The molecule has 3 N–H and O–H groups in total. The molecule has 0 radical (unpaired) electrons. The van der Waals surface area contributed by atoms with E-state index in [-0.39, 0.29) is 9.64 Å². The zero-order chi connectivity index (χ0) is 15.0. The van der Waals surface area contributed by atoms with Gasteiger partial charge in [0.05, 0.1) is 7.11 Å². The highest BCUT2D eigenvalue weighted by Crippen LogP contribution is 2.46. The Balaban J connectivity index is 2.27. The minimum Gasteiger partial charge on any atom is -0.495 e. The summed E-state index contributed by atoms with van der Waals surface area (Å²) in [7, 11) is -2.16. The first-order chi connectivity index (χ1) is 9.33. The van der Waals surface area contributed by atoms with Crippen LogP contribution in [0.5, 0.6) is 5.75 Å². The van der Waals surface area contributed by atoms with Crippen LogP contribution in [0.3, 0.4) is 0 Å². The normalized spacial score (nSPS) is 16.9. The maximum absolute atomic E-state index is 12.4. The lowest BCUT2D eigenvalue weighted by atomic mass is 10.2. The lowest BCUT2D eigenvalue weighted by molar-refractivity contribution is 0.402. The Labute approximate surface area is 124 Å². The Morgan fingerprint density at radius 2 is 2.10 bits per heavy atom. The van der Waals surface area contributed by atoms with E-state index in [0.717, 1.165) is 18.4 Å². The second-order valence-corrected chi connectivity index (χ2v) is 8.08. The standard InChI is InChI=1S/C13H20N2O3S2/c1-9-6-11(18-2)12(7-10(9)14)20(16,17)15-8-13(19-3)4-5-13/h6-7,15H,4-5,8,14H2,1-3H3. The van der Waals surface area contributed by atoms with E-state index < -0.39 is 10.0 Å². The predicted molar refractivity (Wildman–Crippen MR) is 82.8 cm³/mol. The largest absolute Gasteiger partial charge is 0.495 e. The topological polar surface area (TPSA) is 81.4 Å². The van der Waals surface area contributed by atoms with Crippen LogP contribution in [0.25, 0.3) is 0 Å². The Morgan fingerprint density at radius 3 is 2.60 bits per heavy atom. The molecule has 2 rings (SSSR count). The third kappa shape index (κ3) is 3.05. The molecule has 0 bridgehead atoms. The second-order valence-electron chi connectivity index (χ2n) is 5.07. The highest BCUT2D eigenvalue weighted by atomic mass is 32.2. The molecule has 0 unspecified atom stereocenters. The maximum atomic E-state index is 12.4. The van der Waals surface area contributed by atoms with Gasteiger partial charge in [0, 0.05) is 17.0 Å². The number of sulfonamides is 1. The number of nitrogens with one attached hydrogen (secondary N) is 1. The molecule has 0 heterocycles. The number of aryl methyl sites for hydroxylation is 1. The molecule has 0 aliphatic heterocycles. The number of nitrogen functional groups attached to an aromatic ring is 1. The van der Waals surface area contributed by atoms with Crippen molar-refractivity contribution in [2.24, 2.45) is 0 Å². The summed E-state index contributed by atoms with van der Waals surface area (Å²) in [5.74, 6) is 0.318.